The Balaban J connectivity index is 2.48. The predicted molar refractivity (Wildman–Crippen MR) is 65.0 cm³/mol. The molecule has 1 aromatic carbocycles. The number of aliphatic hydroxyl groups is 1. The standard InChI is InChI=1S/C13H17NO2/c1-9-8-14-13-11(9)6-10(4-3-5-15)7-12(13)16-2/h6-8,14-15H,3-5H2,1-2H3. The van der Waals surface area contributed by atoms with E-state index in [-0.39, 0.29) is 6.61 Å². The number of hydrogen-bond donors (Lipinski definition) is 2. The molecule has 2 rings (SSSR count). The zero-order valence-electron chi connectivity index (χ0n) is 9.71. The van der Waals surface area contributed by atoms with Gasteiger partial charge in [0, 0.05) is 18.2 Å². The third-order valence-electron chi connectivity index (χ3n) is 2.86. The maximum absolute atomic E-state index is 8.84. The molecule has 0 fully saturated rings. The molecule has 2 N–H and O–H groups in total. The summed E-state index contributed by atoms with van der Waals surface area (Å²) in [5, 5.41) is 10.0. The summed E-state index contributed by atoms with van der Waals surface area (Å²) >= 11 is 0. The summed E-state index contributed by atoms with van der Waals surface area (Å²) in [4.78, 5) is 3.22. The summed E-state index contributed by atoms with van der Waals surface area (Å²) in [5.74, 6) is 0.874. The fourth-order valence-corrected chi connectivity index (χ4v) is 1.98. The predicted octanol–water partition coefficient (Wildman–Crippen LogP) is 2.41. The van der Waals surface area contributed by atoms with Crippen LogP contribution in [0.3, 0.4) is 0 Å². The molecule has 0 saturated heterocycles. The Morgan fingerprint density at radius 3 is 2.88 bits per heavy atom. The lowest BCUT2D eigenvalue weighted by atomic mass is 10.1. The highest BCUT2D eigenvalue weighted by Crippen LogP contribution is 2.29. The maximum atomic E-state index is 8.84. The highest BCUT2D eigenvalue weighted by atomic mass is 16.5. The number of ether oxygens (including phenoxy) is 1. The summed E-state index contributed by atoms with van der Waals surface area (Å²) in [6.45, 7) is 2.31. The average molecular weight is 219 g/mol. The van der Waals surface area contributed by atoms with Crippen molar-refractivity contribution < 1.29 is 9.84 Å². The van der Waals surface area contributed by atoms with Crippen molar-refractivity contribution in [2.24, 2.45) is 0 Å². The number of aryl methyl sites for hydroxylation is 2. The molecule has 0 aliphatic rings. The Morgan fingerprint density at radius 2 is 2.19 bits per heavy atom. The monoisotopic (exact) mass is 219 g/mol. The van der Waals surface area contributed by atoms with Crippen LogP contribution >= 0.6 is 0 Å². The highest BCUT2D eigenvalue weighted by Gasteiger charge is 2.07. The Kier molecular flexibility index (Phi) is 3.15. The van der Waals surface area contributed by atoms with Gasteiger partial charge in [-0.1, -0.05) is 0 Å². The number of aromatic amines is 1. The van der Waals surface area contributed by atoms with Crippen LogP contribution < -0.4 is 4.74 Å². The Hall–Kier alpha value is -1.48. The molecule has 0 aliphatic carbocycles. The molecule has 16 heavy (non-hydrogen) atoms. The van der Waals surface area contributed by atoms with E-state index in [2.05, 4.69) is 18.0 Å². The minimum absolute atomic E-state index is 0.229. The topological polar surface area (TPSA) is 45.2 Å². The molecule has 0 atom stereocenters. The number of aliphatic hydroxyl groups excluding tert-OH is 1. The molecule has 0 spiro atoms. The molecule has 2 aromatic rings. The molecule has 1 aromatic heterocycles. The lowest BCUT2D eigenvalue weighted by molar-refractivity contribution is 0.288. The smallest absolute Gasteiger partial charge is 0.143 e. The molecular formula is C13H17NO2. The number of nitrogens with one attached hydrogen (secondary N) is 1. The zero-order valence-corrected chi connectivity index (χ0v) is 9.71. The van der Waals surface area contributed by atoms with E-state index in [0.29, 0.717) is 0 Å². The first-order valence-electron chi connectivity index (χ1n) is 5.51. The van der Waals surface area contributed by atoms with Crippen molar-refractivity contribution in [3.63, 3.8) is 0 Å². The van der Waals surface area contributed by atoms with Crippen molar-refractivity contribution in [3.05, 3.63) is 29.5 Å². The molecule has 3 nitrogen and oxygen atoms in total. The molecular weight excluding hydrogens is 202 g/mol. The second kappa shape index (κ2) is 4.58. The van der Waals surface area contributed by atoms with E-state index >= 15 is 0 Å². The lowest BCUT2D eigenvalue weighted by Gasteiger charge is -2.06. The zero-order chi connectivity index (χ0) is 11.5. The number of hydrogen-bond acceptors (Lipinski definition) is 2. The van der Waals surface area contributed by atoms with Crippen LogP contribution in [0.1, 0.15) is 17.5 Å². The van der Waals surface area contributed by atoms with Crippen molar-refractivity contribution in [2.75, 3.05) is 13.7 Å². The second-order valence-electron chi connectivity index (χ2n) is 4.02. The summed E-state index contributed by atoms with van der Waals surface area (Å²) in [6, 6.07) is 4.20. The molecule has 0 saturated carbocycles. The van der Waals surface area contributed by atoms with Crippen molar-refractivity contribution >= 4 is 10.9 Å². The molecule has 0 aliphatic heterocycles. The first-order chi connectivity index (χ1) is 7.76. The van der Waals surface area contributed by atoms with Crippen molar-refractivity contribution in [1.29, 1.82) is 0 Å². The lowest BCUT2D eigenvalue weighted by Crippen LogP contribution is -1.92. The van der Waals surface area contributed by atoms with Gasteiger partial charge in [0.15, 0.2) is 0 Å². The SMILES string of the molecule is COc1cc(CCCO)cc2c(C)c[nH]c12. The number of benzene rings is 1. The fraction of sp³-hybridized carbons (Fsp3) is 0.385. The van der Waals surface area contributed by atoms with Crippen LogP contribution in [0.5, 0.6) is 5.75 Å². The second-order valence-corrected chi connectivity index (χ2v) is 4.02. The van der Waals surface area contributed by atoms with Crippen LogP contribution in [0.2, 0.25) is 0 Å². The van der Waals surface area contributed by atoms with Gasteiger partial charge in [-0.3, -0.25) is 0 Å². The van der Waals surface area contributed by atoms with E-state index in [1.54, 1.807) is 7.11 Å². The van der Waals surface area contributed by atoms with Gasteiger partial charge >= 0.3 is 0 Å². The van der Waals surface area contributed by atoms with Crippen molar-refractivity contribution in [3.8, 4) is 5.75 Å². The van der Waals surface area contributed by atoms with Gasteiger partial charge in [0.25, 0.3) is 0 Å². The normalized spacial score (nSPS) is 10.9. The van der Waals surface area contributed by atoms with Crippen LogP contribution in [-0.2, 0) is 6.42 Å². The number of rotatable bonds is 4. The average Bonchev–Trinajstić information content (AvgIpc) is 2.68. The molecule has 0 amide bonds. The van der Waals surface area contributed by atoms with Gasteiger partial charge in [-0.05, 0) is 43.0 Å². The Bertz CT molecular complexity index is 488. The van der Waals surface area contributed by atoms with Crippen LogP contribution in [0.25, 0.3) is 10.9 Å². The molecule has 0 unspecified atom stereocenters. The fourth-order valence-electron chi connectivity index (χ4n) is 1.98. The molecule has 0 bridgehead atoms. The minimum atomic E-state index is 0.229. The summed E-state index contributed by atoms with van der Waals surface area (Å²) in [5.41, 5.74) is 3.48. The van der Waals surface area contributed by atoms with Gasteiger partial charge < -0.3 is 14.8 Å². The molecule has 3 heteroatoms. The first-order valence-corrected chi connectivity index (χ1v) is 5.51. The van der Waals surface area contributed by atoms with Gasteiger partial charge in [-0.2, -0.15) is 0 Å². The van der Waals surface area contributed by atoms with Crippen LogP contribution in [-0.4, -0.2) is 23.8 Å². The van der Waals surface area contributed by atoms with E-state index in [1.807, 2.05) is 12.3 Å². The number of aromatic nitrogens is 1. The van der Waals surface area contributed by atoms with E-state index in [4.69, 9.17) is 9.84 Å². The van der Waals surface area contributed by atoms with Crippen molar-refractivity contribution in [1.82, 2.24) is 4.98 Å². The van der Waals surface area contributed by atoms with Gasteiger partial charge in [0.1, 0.15) is 5.75 Å². The van der Waals surface area contributed by atoms with Gasteiger partial charge in [-0.25, -0.2) is 0 Å². The molecule has 1 heterocycles. The van der Waals surface area contributed by atoms with Crippen LogP contribution in [0.4, 0.5) is 0 Å². The van der Waals surface area contributed by atoms with E-state index in [9.17, 15) is 0 Å². The van der Waals surface area contributed by atoms with Gasteiger partial charge in [0.05, 0.1) is 12.6 Å². The largest absolute Gasteiger partial charge is 0.495 e. The Morgan fingerprint density at radius 1 is 1.38 bits per heavy atom. The third kappa shape index (κ3) is 1.91. The summed E-state index contributed by atoms with van der Waals surface area (Å²) in [6.07, 6.45) is 3.66. The third-order valence-corrected chi connectivity index (χ3v) is 2.86. The molecule has 86 valence electrons. The number of methoxy groups -OCH3 is 1. The van der Waals surface area contributed by atoms with E-state index in [1.165, 1.54) is 16.5 Å². The van der Waals surface area contributed by atoms with Gasteiger partial charge in [-0.15, -0.1) is 0 Å². The van der Waals surface area contributed by atoms with Gasteiger partial charge in [0.2, 0.25) is 0 Å². The quantitative estimate of drug-likeness (QED) is 0.829. The van der Waals surface area contributed by atoms with Crippen LogP contribution in [0.15, 0.2) is 18.3 Å². The number of fused-ring (bicyclic) bond motifs is 1. The highest BCUT2D eigenvalue weighted by molar-refractivity contribution is 5.88. The van der Waals surface area contributed by atoms with E-state index < -0.39 is 0 Å². The minimum Gasteiger partial charge on any atom is -0.495 e. The van der Waals surface area contributed by atoms with E-state index in [0.717, 1.165) is 24.1 Å². The number of H-pyrrole nitrogens is 1. The first kappa shape index (κ1) is 11.0. The Labute approximate surface area is 95.1 Å². The maximum Gasteiger partial charge on any atom is 0.143 e. The molecule has 0 radical (unpaired) electrons. The summed E-state index contributed by atoms with van der Waals surface area (Å²) in [7, 11) is 1.68. The summed E-state index contributed by atoms with van der Waals surface area (Å²) < 4.78 is 5.37. The van der Waals surface area contributed by atoms with Crippen molar-refractivity contribution in [2.45, 2.75) is 19.8 Å². The van der Waals surface area contributed by atoms with Crippen LogP contribution in [0, 0.1) is 6.92 Å².